The van der Waals surface area contributed by atoms with Crippen molar-refractivity contribution in [2.24, 2.45) is 0 Å². The maximum atomic E-state index is 4.51. The van der Waals surface area contributed by atoms with Crippen molar-refractivity contribution in [1.82, 2.24) is 9.88 Å². The Labute approximate surface area is 122 Å². The zero-order chi connectivity index (χ0) is 14.8. The van der Waals surface area contributed by atoms with Gasteiger partial charge in [0, 0.05) is 6.20 Å². The van der Waals surface area contributed by atoms with Gasteiger partial charge in [-0.2, -0.15) is 0 Å². The zero-order valence-corrected chi connectivity index (χ0v) is 13.1. The quantitative estimate of drug-likeness (QED) is 0.835. The fraction of sp³-hybridized carbons (Fsp3) is 0.389. The number of hydrogen-bond donors (Lipinski definition) is 0. The number of benzene rings is 1. The van der Waals surface area contributed by atoms with E-state index < -0.39 is 0 Å². The van der Waals surface area contributed by atoms with Crippen LogP contribution in [0.4, 0.5) is 0 Å². The van der Waals surface area contributed by atoms with E-state index in [0.29, 0.717) is 0 Å². The molecule has 0 amide bonds. The van der Waals surface area contributed by atoms with Crippen molar-refractivity contribution in [3.8, 4) is 0 Å². The highest BCUT2D eigenvalue weighted by Gasteiger charge is 2.19. The standard InChI is InChI=1S/C18H24N2/c1-18(2,3)15-11-9-14(10-12-15)17(20(4)5)16-8-6-7-13-19-16/h6-13,17H,1-5H3. The minimum Gasteiger partial charge on any atom is -0.297 e. The van der Waals surface area contributed by atoms with Crippen molar-refractivity contribution < 1.29 is 0 Å². The summed E-state index contributed by atoms with van der Waals surface area (Å²) in [5, 5.41) is 0. The van der Waals surface area contributed by atoms with Crippen molar-refractivity contribution in [2.75, 3.05) is 14.1 Å². The maximum absolute atomic E-state index is 4.51. The summed E-state index contributed by atoms with van der Waals surface area (Å²) < 4.78 is 0. The van der Waals surface area contributed by atoms with E-state index in [1.807, 2.05) is 18.3 Å². The third kappa shape index (κ3) is 3.26. The Bertz CT molecular complexity index is 536. The average Bonchev–Trinajstić information content (AvgIpc) is 2.39. The topological polar surface area (TPSA) is 16.1 Å². The molecule has 1 aromatic carbocycles. The Morgan fingerprint density at radius 3 is 2.05 bits per heavy atom. The molecule has 0 spiro atoms. The summed E-state index contributed by atoms with van der Waals surface area (Å²) in [6.45, 7) is 6.72. The molecule has 0 radical (unpaired) electrons. The fourth-order valence-electron chi connectivity index (χ4n) is 2.44. The number of aromatic nitrogens is 1. The number of hydrogen-bond acceptors (Lipinski definition) is 2. The van der Waals surface area contributed by atoms with Crippen LogP contribution in [0.5, 0.6) is 0 Å². The molecule has 2 nitrogen and oxygen atoms in total. The van der Waals surface area contributed by atoms with Gasteiger partial charge in [0.2, 0.25) is 0 Å². The highest BCUT2D eigenvalue weighted by atomic mass is 15.1. The van der Waals surface area contributed by atoms with Gasteiger partial charge in [0.25, 0.3) is 0 Å². The van der Waals surface area contributed by atoms with Crippen LogP contribution in [0.1, 0.15) is 43.6 Å². The molecule has 0 aliphatic rings. The molecule has 1 unspecified atom stereocenters. The van der Waals surface area contributed by atoms with E-state index >= 15 is 0 Å². The summed E-state index contributed by atoms with van der Waals surface area (Å²) in [6.07, 6.45) is 1.86. The van der Waals surface area contributed by atoms with Gasteiger partial charge in [-0.05, 0) is 42.8 Å². The van der Waals surface area contributed by atoms with Crippen LogP contribution in [0.25, 0.3) is 0 Å². The van der Waals surface area contributed by atoms with E-state index in [0.717, 1.165) is 5.69 Å². The molecule has 2 aromatic rings. The summed E-state index contributed by atoms with van der Waals surface area (Å²) >= 11 is 0. The first-order chi connectivity index (χ1) is 9.39. The Hall–Kier alpha value is -1.67. The van der Waals surface area contributed by atoms with Gasteiger partial charge in [-0.1, -0.05) is 51.1 Å². The summed E-state index contributed by atoms with van der Waals surface area (Å²) in [5.41, 5.74) is 3.92. The minimum absolute atomic E-state index is 0.192. The molecular formula is C18H24N2. The molecule has 0 bridgehead atoms. The van der Waals surface area contributed by atoms with E-state index in [2.05, 4.69) is 75.1 Å². The van der Waals surface area contributed by atoms with Crippen molar-refractivity contribution in [2.45, 2.75) is 32.2 Å². The van der Waals surface area contributed by atoms with Crippen LogP contribution in [0.2, 0.25) is 0 Å². The maximum Gasteiger partial charge on any atom is 0.0771 e. The first-order valence-corrected chi connectivity index (χ1v) is 7.07. The minimum atomic E-state index is 0.192. The molecule has 0 N–H and O–H groups in total. The predicted octanol–water partition coefficient (Wildman–Crippen LogP) is 4.03. The summed E-state index contributed by atoms with van der Waals surface area (Å²) in [6, 6.07) is 15.2. The van der Waals surface area contributed by atoms with Crippen molar-refractivity contribution in [1.29, 1.82) is 0 Å². The van der Waals surface area contributed by atoms with Crippen LogP contribution < -0.4 is 0 Å². The van der Waals surface area contributed by atoms with Gasteiger partial charge >= 0.3 is 0 Å². The van der Waals surface area contributed by atoms with Gasteiger partial charge < -0.3 is 0 Å². The van der Waals surface area contributed by atoms with E-state index in [-0.39, 0.29) is 11.5 Å². The van der Waals surface area contributed by atoms with Crippen LogP contribution in [-0.4, -0.2) is 24.0 Å². The van der Waals surface area contributed by atoms with E-state index in [1.54, 1.807) is 0 Å². The molecule has 1 aromatic heterocycles. The lowest BCUT2D eigenvalue weighted by Crippen LogP contribution is -2.22. The van der Waals surface area contributed by atoms with Gasteiger partial charge in [-0.3, -0.25) is 9.88 Å². The molecule has 1 heterocycles. The lowest BCUT2D eigenvalue weighted by atomic mass is 9.86. The van der Waals surface area contributed by atoms with Crippen LogP contribution in [0.3, 0.4) is 0 Å². The van der Waals surface area contributed by atoms with Crippen LogP contribution in [0.15, 0.2) is 48.7 Å². The zero-order valence-electron chi connectivity index (χ0n) is 13.1. The second-order valence-corrected chi connectivity index (χ2v) is 6.49. The number of nitrogens with zero attached hydrogens (tertiary/aromatic N) is 2. The Balaban J connectivity index is 2.37. The van der Waals surface area contributed by atoms with Crippen LogP contribution in [0, 0.1) is 0 Å². The second-order valence-electron chi connectivity index (χ2n) is 6.49. The monoisotopic (exact) mass is 268 g/mol. The van der Waals surface area contributed by atoms with Gasteiger partial charge in [0.15, 0.2) is 0 Å². The molecule has 0 saturated heterocycles. The Morgan fingerprint density at radius 2 is 1.60 bits per heavy atom. The summed E-state index contributed by atoms with van der Waals surface area (Å²) in [7, 11) is 4.19. The van der Waals surface area contributed by atoms with E-state index in [9.17, 15) is 0 Å². The van der Waals surface area contributed by atoms with Crippen molar-refractivity contribution in [3.05, 3.63) is 65.5 Å². The molecule has 1 atom stereocenters. The molecule has 0 fully saturated rings. The molecule has 106 valence electrons. The Kier molecular flexibility index (Phi) is 4.24. The van der Waals surface area contributed by atoms with Crippen LogP contribution >= 0.6 is 0 Å². The summed E-state index contributed by atoms with van der Waals surface area (Å²) in [4.78, 5) is 6.71. The largest absolute Gasteiger partial charge is 0.297 e. The molecule has 0 saturated carbocycles. The van der Waals surface area contributed by atoms with Crippen LogP contribution in [-0.2, 0) is 5.41 Å². The molecule has 0 aliphatic heterocycles. The third-order valence-corrected chi connectivity index (χ3v) is 3.58. The van der Waals surface area contributed by atoms with Crippen molar-refractivity contribution in [3.63, 3.8) is 0 Å². The molecule has 2 heteroatoms. The lowest BCUT2D eigenvalue weighted by Gasteiger charge is -2.25. The first kappa shape index (κ1) is 14.7. The van der Waals surface area contributed by atoms with Gasteiger partial charge in [-0.25, -0.2) is 0 Å². The lowest BCUT2D eigenvalue weighted by molar-refractivity contribution is 0.336. The van der Waals surface area contributed by atoms with E-state index in [4.69, 9.17) is 0 Å². The van der Waals surface area contributed by atoms with Gasteiger partial charge in [-0.15, -0.1) is 0 Å². The molecule has 0 aliphatic carbocycles. The van der Waals surface area contributed by atoms with Gasteiger partial charge in [0.1, 0.15) is 0 Å². The first-order valence-electron chi connectivity index (χ1n) is 7.07. The van der Waals surface area contributed by atoms with Gasteiger partial charge in [0.05, 0.1) is 11.7 Å². The highest BCUT2D eigenvalue weighted by Crippen LogP contribution is 2.28. The van der Waals surface area contributed by atoms with Crippen molar-refractivity contribution >= 4 is 0 Å². The molecule has 20 heavy (non-hydrogen) atoms. The second kappa shape index (κ2) is 5.76. The van der Waals surface area contributed by atoms with E-state index in [1.165, 1.54) is 11.1 Å². The fourth-order valence-corrected chi connectivity index (χ4v) is 2.44. The average molecular weight is 268 g/mol. The SMILES string of the molecule is CN(C)C(c1ccc(C(C)(C)C)cc1)c1ccccn1. The molecular weight excluding hydrogens is 244 g/mol. The Morgan fingerprint density at radius 1 is 0.950 bits per heavy atom. The number of rotatable bonds is 3. The number of pyridine rings is 1. The molecule has 2 rings (SSSR count). The normalized spacial score (nSPS) is 13.5. The summed E-state index contributed by atoms with van der Waals surface area (Å²) in [5.74, 6) is 0. The third-order valence-electron chi connectivity index (χ3n) is 3.58. The highest BCUT2D eigenvalue weighted by molar-refractivity contribution is 5.33. The smallest absolute Gasteiger partial charge is 0.0771 e. The predicted molar refractivity (Wildman–Crippen MR) is 84.9 cm³/mol.